The average molecular weight is 375 g/mol. The van der Waals surface area contributed by atoms with Crippen LogP contribution in [0.15, 0.2) is 30.6 Å². The van der Waals surface area contributed by atoms with Crippen molar-refractivity contribution < 1.29 is 4.79 Å². The molecule has 4 heterocycles. The van der Waals surface area contributed by atoms with Crippen LogP contribution < -0.4 is 10.2 Å². The number of carbonyl (C=O) groups is 1. The molecule has 0 aliphatic carbocycles. The molecule has 0 aromatic carbocycles. The van der Waals surface area contributed by atoms with E-state index in [9.17, 15) is 4.79 Å². The lowest BCUT2D eigenvalue weighted by Crippen LogP contribution is -2.49. The summed E-state index contributed by atoms with van der Waals surface area (Å²) < 4.78 is 1.93. The molecule has 2 aliphatic rings. The lowest BCUT2D eigenvalue weighted by molar-refractivity contribution is 0.0739. The Morgan fingerprint density at radius 3 is 2.81 bits per heavy atom. The predicted molar refractivity (Wildman–Crippen MR) is 101 cm³/mol. The van der Waals surface area contributed by atoms with Crippen molar-refractivity contribution in [2.24, 2.45) is 0 Å². The van der Waals surface area contributed by atoms with Crippen molar-refractivity contribution in [2.45, 2.75) is 18.9 Å². The maximum atomic E-state index is 12.8. The first-order chi connectivity index (χ1) is 12.7. The third kappa shape index (κ3) is 3.54. The van der Waals surface area contributed by atoms with Gasteiger partial charge in [0.2, 0.25) is 0 Å². The summed E-state index contributed by atoms with van der Waals surface area (Å²) in [4.78, 5) is 21.1. The normalized spacial score (nSPS) is 21.0. The van der Waals surface area contributed by atoms with Crippen LogP contribution in [0.3, 0.4) is 0 Å². The molecule has 2 aliphatic heterocycles. The molecule has 2 saturated heterocycles. The van der Waals surface area contributed by atoms with E-state index in [1.54, 1.807) is 6.20 Å². The Bertz CT molecular complexity index is 765. The van der Waals surface area contributed by atoms with Gasteiger partial charge in [-0.2, -0.15) is 5.10 Å². The van der Waals surface area contributed by atoms with Crippen molar-refractivity contribution in [3.05, 3.63) is 41.3 Å². The van der Waals surface area contributed by atoms with Gasteiger partial charge < -0.3 is 15.1 Å². The number of hydrogen-bond donors (Lipinski definition) is 1. The quantitative estimate of drug-likeness (QED) is 0.887. The van der Waals surface area contributed by atoms with E-state index >= 15 is 0 Å². The summed E-state index contributed by atoms with van der Waals surface area (Å²) in [5, 5.41) is 8.57. The molecule has 7 nitrogen and oxygen atoms in total. The monoisotopic (exact) mass is 374 g/mol. The van der Waals surface area contributed by atoms with E-state index in [4.69, 9.17) is 11.6 Å². The zero-order chi connectivity index (χ0) is 17.9. The van der Waals surface area contributed by atoms with E-state index in [0.717, 1.165) is 44.8 Å². The van der Waals surface area contributed by atoms with Gasteiger partial charge in [0, 0.05) is 45.1 Å². The molecule has 2 fully saturated rings. The van der Waals surface area contributed by atoms with Crippen LogP contribution in [0.4, 0.5) is 5.82 Å². The molecule has 1 amide bonds. The fourth-order valence-corrected chi connectivity index (χ4v) is 3.85. The van der Waals surface area contributed by atoms with Crippen LogP contribution in [0.5, 0.6) is 0 Å². The van der Waals surface area contributed by atoms with Crippen molar-refractivity contribution in [3.8, 4) is 0 Å². The summed E-state index contributed by atoms with van der Waals surface area (Å²) in [6, 6.07) is 5.84. The summed E-state index contributed by atoms with van der Waals surface area (Å²) in [7, 11) is 0. The number of aromatic nitrogens is 3. The number of piperidine rings is 1. The third-order valence-electron chi connectivity index (χ3n) is 5.08. The maximum absolute atomic E-state index is 12.8. The van der Waals surface area contributed by atoms with Gasteiger partial charge in [0.15, 0.2) is 0 Å². The van der Waals surface area contributed by atoms with Gasteiger partial charge in [-0.05, 0) is 37.6 Å². The van der Waals surface area contributed by atoms with Crippen LogP contribution >= 0.6 is 11.6 Å². The van der Waals surface area contributed by atoms with Gasteiger partial charge in [-0.3, -0.25) is 9.48 Å². The van der Waals surface area contributed by atoms with Crippen LogP contribution in [-0.2, 0) is 0 Å². The van der Waals surface area contributed by atoms with E-state index in [1.807, 2.05) is 34.0 Å². The molecule has 8 heteroatoms. The smallest absolute Gasteiger partial charge is 0.274 e. The Morgan fingerprint density at radius 1 is 1.23 bits per heavy atom. The maximum Gasteiger partial charge on any atom is 0.274 e. The van der Waals surface area contributed by atoms with Gasteiger partial charge in [0.05, 0.1) is 11.1 Å². The molecule has 0 spiro atoms. The van der Waals surface area contributed by atoms with E-state index in [1.165, 1.54) is 0 Å². The highest BCUT2D eigenvalue weighted by molar-refractivity contribution is 6.32. The Hall–Kier alpha value is -2.12. The van der Waals surface area contributed by atoms with E-state index < -0.39 is 0 Å². The Labute approximate surface area is 157 Å². The second kappa shape index (κ2) is 7.63. The molecular formula is C18H23ClN6O. The van der Waals surface area contributed by atoms with Crippen molar-refractivity contribution >= 4 is 23.3 Å². The highest BCUT2D eigenvalue weighted by Crippen LogP contribution is 2.23. The Balaban J connectivity index is 1.38. The van der Waals surface area contributed by atoms with Crippen molar-refractivity contribution in [3.63, 3.8) is 0 Å². The van der Waals surface area contributed by atoms with Crippen LogP contribution in [-0.4, -0.2) is 64.8 Å². The zero-order valence-corrected chi connectivity index (χ0v) is 15.4. The molecule has 1 unspecified atom stereocenters. The van der Waals surface area contributed by atoms with Crippen molar-refractivity contribution in [1.29, 1.82) is 0 Å². The first-order valence-corrected chi connectivity index (χ1v) is 9.51. The fraction of sp³-hybridized carbons (Fsp3) is 0.500. The number of nitrogens with zero attached hydrogens (tertiary/aromatic N) is 5. The van der Waals surface area contributed by atoms with Gasteiger partial charge in [0.25, 0.3) is 5.91 Å². The average Bonchev–Trinajstić information content (AvgIpc) is 3.19. The lowest BCUT2D eigenvalue weighted by atomic mass is 10.1. The van der Waals surface area contributed by atoms with Crippen molar-refractivity contribution in [2.75, 3.05) is 44.2 Å². The molecule has 2 aromatic rings. The SMILES string of the molecule is O=C(c1ccn(C2CCCNC2)n1)N1CCN(c2ncccc2Cl)CC1. The number of anilines is 1. The molecule has 2 aromatic heterocycles. The molecule has 138 valence electrons. The van der Waals surface area contributed by atoms with Crippen molar-refractivity contribution in [1.82, 2.24) is 25.0 Å². The van der Waals surface area contributed by atoms with Crippen LogP contribution in [0.25, 0.3) is 0 Å². The first-order valence-electron chi connectivity index (χ1n) is 9.13. The summed E-state index contributed by atoms with van der Waals surface area (Å²) in [6.07, 6.45) is 5.91. The molecule has 0 radical (unpaired) electrons. The fourth-order valence-electron chi connectivity index (χ4n) is 3.61. The van der Waals surface area contributed by atoms with E-state index in [2.05, 4.69) is 20.3 Å². The molecule has 26 heavy (non-hydrogen) atoms. The van der Waals surface area contributed by atoms with Crippen LogP contribution in [0, 0.1) is 0 Å². The van der Waals surface area contributed by atoms with Gasteiger partial charge >= 0.3 is 0 Å². The number of amides is 1. The summed E-state index contributed by atoms with van der Waals surface area (Å²) in [6.45, 7) is 4.70. The van der Waals surface area contributed by atoms with Crippen LogP contribution in [0.1, 0.15) is 29.4 Å². The Kier molecular flexibility index (Phi) is 5.08. The third-order valence-corrected chi connectivity index (χ3v) is 5.37. The predicted octanol–water partition coefficient (Wildman–Crippen LogP) is 1.82. The van der Waals surface area contributed by atoms with Crippen LogP contribution in [0.2, 0.25) is 5.02 Å². The van der Waals surface area contributed by atoms with Gasteiger partial charge in [0.1, 0.15) is 11.5 Å². The summed E-state index contributed by atoms with van der Waals surface area (Å²) >= 11 is 6.23. The number of pyridine rings is 1. The molecule has 0 bridgehead atoms. The van der Waals surface area contributed by atoms with E-state index in [-0.39, 0.29) is 5.91 Å². The molecular weight excluding hydrogens is 352 g/mol. The second-order valence-electron chi connectivity index (χ2n) is 6.77. The summed E-state index contributed by atoms with van der Waals surface area (Å²) in [5.74, 6) is 0.787. The molecule has 1 N–H and O–H groups in total. The topological polar surface area (TPSA) is 66.3 Å². The Morgan fingerprint density at radius 2 is 2.08 bits per heavy atom. The largest absolute Gasteiger partial charge is 0.352 e. The van der Waals surface area contributed by atoms with Gasteiger partial charge in [-0.15, -0.1) is 0 Å². The highest BCUT2D eigenvalue weighted by Gasteiger charge is 2.26. The first kappa shape index (κ1) is 17.3. The van der Waals surface area contributed by atoms with E-state index in [0.29, 0.717) is 29.8 Å². The number of piperazine rings is 1. The molecule has 1 atom stereocenters. The number of carbonyl (C=O) groups excluding carboxylic acids is 1. The number of nitrogens with one attached hydrogen (secondary N) is 1. The number of halogens is 1. The number of rotatable bonds is 3. The van der Waals surface area contributed by atoms with Gasteiger partial charge in [-0.1, -0.05) is 11.6 Å². The minimum atomic E-state index is -0.000661. The standard InChI is InChI=1S/C18H23ClN6O/c19-15-4-2-7-21-17(15)23-9-11-24(12-10-23)18(26)16-5-8-25(22-16)14-3-1-6-20-13-14/h2,4-5,7-8,14,20H,1,3,6,9-13H2. The lowest BCUT2D eigenvalue weighted by Gasteiger charge is -2.35. The second-order valence-corrected chi connectivity index (χ2v) is 7.18. The minimum Gasteiger partial charge on any atom is -0.352 e. The molecule has 4 rings (SSSR count). The van der Waals surface area contributed by atoms with Gasteiger partial charge in [-0.25, -0.2) is 4.98 Å². The molecule has 0 saturated carbocycles. The number of hydrogen-bond acceptors (Lipinski definition) is 5. The zero-order valence-electron chi connectivity index (χ0n) is 14.6. The minimum absolute atomic E-state index is 0.000661. The summed E-state index contributed by atoms with van der Waals surface area (Å²) in [5.41, 5.74) is 0.528. The highest BCUT2D eigenvalue weighted by atomic mass is 35.5.